The van der Waals surface area contributed by atoms with Gasteiger partial charge in [0.25, 0.3) is 5.69 Å². The Morgan fingerprint density at radius 1 is 1.10 bits per heavy atom. The van der Waals surface area contributed by atoms with Crippen LogP contribution in [-0.2, 0) is 12.8 Å². The van der Waals surface area contributed by atoms with E-state index in [2.05, 4.69) is 42.0 Å². The summed E-state index contributed by atoms with van der Waals surface area (Å²) in [7, 11) is 0. The van der Waals surface area contributed by atoms with Crippen LogP contribution in [-0.4, -0.2) is 9.49 Å². The fraction of sp³-hybridized carbons (Fsp3) is 0.375. The van der Waals surface area contributed by atoms with Crippen molar-refractivity contribution >= 4 is 22.7 Å². The number of aryl methyl sites for hydroxylation is 2. The fourth-order valence-corrected chi connectivity index (χ4v) is 5.33. The molecule has 1 saturated carbocycles. The van der Waals surface area contributed by atoms with Gasteiger partial charge in [-0.05, 0) is 36.8 Å². The number of aromatic nitrogens is 1. The maximum absolute atomic E-state index is 11.3. The zero-order chi connectivity index (χ0) is 21.1. The van der Waals surface area contributed by atoms with Crippen LogP contribution < -0.4 is 4.80 Å². The summed E-state index contributed by atoms with van der Waals surface area (Å²) in [6.45, 7) is 4.34. The van der Waals surface area contributed by atoms with E-state index in [1.807, 2.05) is 6.07 Å². The number of rotatable bonds is 6. The molecule has 1 fully saturated rings. The van der Waals surface area contributed by atoms with Gasteiger partial charge in [-0.1, -0.05) is 57.0 Å². The number of benzene rings is 2. The zero-order valence-corrected chi connectivity index (χ0v) is 18.3. The molecule has 0 saturated heterocycles. The van der Waals surface area contributed by atoms with Gasteiger partial charge >= 0.3 is 0 Å². The Morgan fingerprint density at radius 3 is 2.40 bits per heavy atom. The largest absolute Gasteiger partial charge is 0.313 e. The number of hydrogen-bond donors (Lipinski definition) is 0. The number of para-hydroxylation sites is 1. The first-order chi connectivity index (χ1) is 14.6. The van der Waals surface area contributed by atoms with Crippen LogP contribution in [0.5, 0.6) is 0 Å². The third-order valence-electron chi connectivity index (χ3n) is 5.96. The fourth-order valence-electron chi connectivity index (χ4n) is 4.36. The van der Waals surface area contributed by atoms with Crippen LogP contribution in [0.15, 0.2) is 52.8 Å². The van der Waals surface area contributed by atoms with Crippen molar-refractivity contribution < 1.29 is 4.92 Å². The minimum absolute atomic E-state index is 0.125. The maximum atomic E-state index is 11.3. The molecule has 0 aliphatic heterocycles. The van der Waals surface area contributed by atoms with Gasteiger partial charge in [-0.25, -0.2) is 4.99 Å². The molecule has 0 bridgehead atoms. The Hall–Kier alpha value is -2.73. The van der Waals surface area contributed by atoms with Crippen LogP contribution in [0.3, 0.4) is 0 Å². The van der Waals surface area contributed by atoms with Crippen molar-refractivity contribution in [1.82, 2.24) is 4.57 Å². The van der Waals surface area contributed by atoms with Crippen molar-refractivity contribution in [3.05, 3.63) is 73.9 Å². The number of thiazole rings is 1. The number of hydrogen-bond acceptors (Lipinski definition) is 4. The molecule has 0 amide bonds. The van der Waals surface area contributed by atoms with E-state index in [1.165, 1.54) is 24.0 Å². The molecule has 0 unspecified atom stereocenters. The van der Waals surface area contributed by atoms with Crippen LogP contribution in [0.25, 0.3) is 11.3 Å². The average Bonchev–Trinajstić information content (AvgIpc) is 3.43. The lowest BCUT2D eigenvalue weighted by atomic mass is 10.0. The molecule has 1 aromatic heterocycles. The quantitative estimate of drug-likeness (QED) is 0.333. The predicted octanol–water partition coefficient (Wildman–Crippen LogP) is 6.60. The summed E-state index contributed by atoms with van der Waals surface area (Å²) < 4.78 is 2.34. The minimum atomic E-state index is -0.327. The Kier molecular flexibility index (Phi) is 6.13. The van der Waals surface area contributed by atoms with E-state index in [0.29, 0.717) is 6.04 Å². The van der Waals surface area contributed by atoms with Gasteiger partial charge < -0.3 is 4.57 Å². The summed E-state index contributed by atoms with van der Waals surface area (Å²) in [5.41, 5.74) is 5.64. The van der Waals surface area contributed by atoms with E-state index >= 15 is 0 Å². The average molecular weight is 422 g/mol. The molecule has 156 valence electrons. The smallest absolute Gasteiger partial charge is 0.270 e. The lowest BCUT2D eigenvalue weighted by Gasteiger charge is -2.16. The molecule has 5 nitrogen and oxygen atoms in total. The van der Waals surface area contributed by atoms with Crippen molar-refractivity contribution in [2.75, 3.05) is 0 Å². The first-order valence-corrected chi connectivity index (χ1v) is 11.6. The highest BCUT2D eigenvalue weighted by molar-refractivity contribution is 7.07. The third-order valence-corrected chi connectivity index (χ3v) is 6.80. The first kappa shape index (κ1) is 20.5. The van der Waals surface area contributed by atoms with Crippen molar-refractivity contribution in [1.29, 1.82) is 0 Å². The van der Waals surface area contributed by atoms with E-state index in [1.54, 1.807) is 29.5 Å². The maximum Gasteiger partial charge on any atom is 0.270 e. The monoisotopic (exact) mass is 421 g/mol. The van der Waals surface area contributed by atoms with Gasteiger partial charge in [-0.3, -0.25) is 10.1 Å². The first-order valence-electron chi connectivity index (χ1n) is 10.7. The molecule has 0 spiro atoms. The van der Waals surface area contributed by atoms with E-state index in [4.69, 9.17) is 4.99 Å². The van der Waals surface area contributed by atoms with E-state index < -0.39 is 0 Å². The Labute approximate surface area is 180 Å². The summed E-state index contributed by atoms with van der Waals surface area (Å²) >= 11 is 1.63. The van der Waals surface area contributed by atoms with Crippen LogP contribution in [0.1, 0.15) is 56.7 Å². The highest BCUT2D eigenvalue weighted by Gasteiger charge is 2.22. The Balaban J connectivity index is 1.92. The van der Waals surface area contributed by atoms with E-state index in [0.717, 1.165) is 47.4 Å². The molecule has 0 N–H and O–H groups in total. The van der Waals surface area contributed by atoms with Crippen molar-refractivity contribution in [3.63, 3.8) is 0 Å². The summed E-state index contributed by atoms with van der Waals surface area (Å²) in [5.74, 6) is 0. The van der Waals surface area contributed by atoms with Gasteiger partial charge in [-0.2, -0.15) is 0 Å². The summed E-state index contributed by atoms with van der Waals surface area (Å²) in [5, 5.41) is 13.4. The Bertz CT molecular complexity index is 1100. The van der Waals surface area contributed by atoms with Gasteiger partial charge in [0, 0.05) is 29.1 Å². The van der Waals surface area contributed by atoms with Crippen LogP contribution >= 0.6 is 11.3 Å². The summed E-state index contributed by atoms with van der Waals surface area (Å²) in [6.07, 6.45) is 6.57. The molecule has 1 aliphatic carbocycles. The van der Waals surface area contributed by atoms with Gasteiger partial charge in [-0.15, -0.1) is 11.3 Å². The summed E-state index contributed by atoms with van der Waals surface area (Å²) in [6, 6.07) is 13.8. The lowest BCUT2D eigenvalue weighted by molar-refractivity contribution is -0.384. The van der Waals surface area contributed by atoms with Crippen LogP contribution in [0.4, 0.5) is 11.4 Å². The molecule has 1 aliphatic rings. The topological polar surface area (TPSA) is 60.4 Å². The SMILES string of the molecule is CCc1cccc(CC)c1N=c1scc(-c2cccc([N+](=O)[O-])c2)n1C1CCCC1. The van der Waals surface area contributed by atoms with Gasteiger partial charge in [0.05, 0.1) is 16.3 Å². The summed E-state index contributed by atoms with van der Waals surface area (Å²) in [4.78, 5) is 17.1. The third kappa shape index (κ3) is 3.97. The normalized spacial score (nSPS) is 15.1. The molecule has 30 heavy (non-hydrogen) atoms. The molecule has 1 heterocycles. The number of nitro benzene ring substituents is 1. The van der Waals surface area contributed by atoms with Crippen molar-refractivity contribution in [3.8, 4) is 11.3 Å². The Morgan fingerprint density at radius 2 is 1.77 bits per heavy atom. The lowest BCUT2D eigenvalue weighted by Crippen LogP contribution is -2.20. The van der Waals surface area contributed by atoms with Crippen molar-refractivity contribution in [2.45, 2.75) is 58.4 Å². The number of nitrogens with zero attached hydrogens (tertiary/aromatic N) is 3. The molecular formula is C24H27N3O2S. The molecular weight excluding hydrogens is 394 g/mol. The van der Waals surface area contributed by atoms with Gasteiger partial charge in [0.2, 0.25) is 0 Å². The van der Waals surface area contributed by atoms with Crippen molar-refractivity contribution in [2.24, 2.45) is 4.99 Å². The molecule has 6 heteroatoms. The highest BCUT2D eigenvalue weighted by atomic mass is 32.1. The highest BCUT2D eigenvalue weighted by Crippen LogP contribution is 2.35. The van der Waals surface area contributed by atoms with E-state index in [9.17, 15) is 10.1 Å². The van der Waals surface area contributed by atoms with E-state index in [-0.39, 0.29) is 10.6 Å². The standard InChI is InChI=1S/C24H27N3O2S/c1-3-17-9-7-10-18(4-2)23(17)25-24-26(20-12-5-6-13-20)22(16-30-24)19-11-8-14-21(15-19)27(28)29/h7-11,14-16,20H,3-6,12-13H2,1-2H3. The zero-order valence-electron chi connectivity index (χ0n) is 17.5. The molecule has 0 atom stereocenters. The second kappa shape index (κ2) is 8.96. The van der Waals surface area contributed by atoms with Gasteiger partial charge in [0.15, 0.2) is 4.80 Å². The second-order valence-corrected chi connectivity index (χ2v) is 8.60. The van der Waals surface area contributed by atoms with Gasteiger partial charge in [0.1, 0.15) is 0 Å². The van der Waals surface area contributed by atoms with Crippen LogP contribution in [0, 0.1) is 10.1 Å². The second-order valence-electron chi connectivity index (χ2n) is 7.76. The predicted molar refractivity (Wildman–Crippen MR) is 122 cm³/mol. The molecule has 3 aromatic rings. The molecule has 4 rings (SSSR count). The minimum Gasteiger partial charge on any atom is -0.313 e. The molecule has 0 radical (unpaired) electrons. The number of non-ortho nitro benzene ring substituents is 1. The molecule has 2 aromatic carbocycles. The van der Waals surface area contributed by atoms with Crippen LogP contribution in [0.2, 0.25) is 0 Å². The number of nitro groups is 1.